The van der Waals surface area contributed by atoms with E-state index in [1.165, 1.54) is 0 Å². The maximum atomic E-state index is 11.1. The van der Waals surface area contributed by atoms with Crippen molar-refractivity contribution >= 4 is 6.29 Å². The topological polar surface area (TPSA) is 46.9 Å². The molecule has 0 aromatic carbocycles. The monoisotopic (exact) mass is 207 g/mol. The summed E-state index contributed by atoms with van der Waals surface area (Å²) in [5.41, 5.74) is 2.97. The molecule has 0 spiro atoms. The van der Waals surface area contributed by atoms with Gasteiger partial charge in [0.15, 0.2) is 6.29 Å². The fourth-order valence-electron chi connectivity index (χ4n) is 2.02. The average molecular weight is 207 g/mol. The first-order valence-corrected chi connectivity index (χ1v) is 5.46. The lowest BCUT2D eigenvalue weighted by Crippen LogP contribution is -2.23. The maximum absolute atomic E-state index is 11.1. The van der Waals surface area contributed by atoms with E-state index < -0.39 is 0 Å². The van der Waals surface area contributed by atoms with Crippen LogP contribution < -0.4 is 5.32 Å². The standard InChI is InChI=1S/C11H17N3O/c1-8(2)6-14-11(7-15)9-3-4-12-5-10(9)13-14/h7-8,12H,3-6H2,1-2H3. The van der Waals surface area contributed by atoms with Gasteiger partial charge in [0.05, 0.1) is 5.69 Å². The molecule has 0 saturated carbocycles. The minimum Gasteiger partial charge on any atom is -0.311 e. The molecule has 0 fully saturated rings. The van der Waals surface area contributed by atoms with E-state index in [0.29, 0.717) is 5.92 Å². The van der Waals surface area contributed by atoms with Gasteiger partial charge >= 0.3 is 0 Å². The van der Waals surface area contributed by atoms with Gasteiger partial charge in [-0.15, -0.1) is 0 Å². The second-order valence-electron chi connectivity index (χ2n) is 4.43. The summed E-state index contributed by atoms with van der Waals surface area (Å²) in [6.45, 7) is 6.82. The summed E-state index contributed by atoms with van der Waals surface area (Å²) in [6.07, 6.45) is 1.86. The number of hydrogen-bond donors (Lipinski definition) is 1. The van der Waals surface area contributed by atoms with Crippen molar-refractivity contribution in [2.75, 3.05) is 6.54 Å². The van der Waals surface area contributed by atoms with Crippen molar-refractivity contribution in [3.8, 4) is 0 Å². The number of nitrogens with one attached hydrogen (secondary N) is 1. The molecule has 2 rings (SSSR count). The van der Waals surface area contributed by atoms with Crippen LogP contribution >= 0.6 is 0 Å². The molecule has 1 aromatic heterocycles. The van der Waals surface area contributed by atoms with Gasteiger partial charge in [-0.25, -0.2) is 0 Å². The van der Waals surface area contributed by atoms with E-state index in [0.717, 1.165) is 49.3 Å². The first-order valence-electron chi connectivity index (χ1n) is 5.46. The highest BCUT2D eigenvalue weighted by Crippen LogP contribution is 2.17. The fourth-order valence-corrected chi connectivity index (χ4v) is 2.02. The Hall–Kier alpha value is -1.16. The SMILES string of the molecule is CC(C)Cn1nc2c(c1C=O)CCNC2. The third-order valence-corrected chi connectivity index (χ3v) is 2.67. The molecular formula is C11H17N3O. The van der Waals surface area contributed by atoms with E-state index in [4.69, 9.17) is 0 Å². The summed E-state index contributed by atoms with van der Waals surface area (Å²) in [5.74, 6) is 0.512. The number of fused-ring (bicyclic) bond motifs is 1. The molecule has 0 saturated heterocycles. The predicted molar refractivity (Wildman–Crippen MR) is 57.9 cm³/mol. The second kappa shape index (κ2) is 4.14. The average Bonchev–Trinajstić information content (AvgIpc) is 2.53. The van der Waals surface area contributed by atoms with Gasteiger partial charge < -0.3 is 5.32 Å². The molecule has 82 valence electrons. The molecule has 2 heterocycles. The predicted octanol–water partition coefficient (Wildman–Crippen LogP) is 0.997. The zero-order valence-electron chi connectivity index (χ0n) is 9.29. The van der Waals surface area contributed by atoms with Crippen molar-refractivity contribution in [1.29, 1.82) is 0 Å². The van der Waals surface area contributed by atoms with Crippen LogP contribution in [0.2, 0.25) is 0 Å². The Balaban J connectivity index is 2.37. The van der Waals surface area contributed by atoms with E-state index in [9.17, 15) is 4.79 Å². The lowest BCUT2D eigenvalue weighted by molar-refractivity contribution is 0.111. The van der Waals surface area contributed by atoms with Crippen LogP contribution in [0.5, 0.6) is 0 Å². The van der Waals surface area contributed by atoms with Crippen LogP contribution in [-0.4, -0.2) is 22.6 Å². The summed E-state index contributed by atoms with van der Waals surface area (Å²) in [5, 5.41) is 7.75. The molecule has 0 aliphatic carbocycles. The minimum absolute atomic E-state index is 0.512. The van der Waals surface area contributed by atoms with E-state index in [1.807, 2.05) is 4.68 Å². The first kappa shape index (κ1) is 10.4. The van der Waals surface area contributed by atoms with Crippen molar-refractivity contribution in [1.82, 2.24) is 15.1 Å². The first-order chi connectivity index (χ1) is 7.22. The Labute approximate surface area is 89.7 Å². The molecule has 1 aromatic rings. The molecule has 1 N–H and O–H groups in total. The summed E-state index contributed by atoms with van der Waals surface area (Å²) in [4.78, 5) is 11.1. The summed E-state index contributed by atoms with van der Waals surface area (Å²) in [7, 11) is 0. The number of carbonyl (C=O) groups excluding carboxylic acids is 1. The number of aldehydes is 1. The highest BCUT2D eigenvalue weighted by Gasteiger charge is 2.19. The van der Waals surface area contributed by atoms with Gasteiger partial charge in [0.25, 0.3) is 0 Å². The molecule has 1 aliphatic rings. The van der Waals surface area contributed by atoms with Crippen LogP contribution in [0.4, 0.5) is 0 Å². The summed E-state index contributed by atoms with van der Waals surface area (Å²) >= 11 is 0. The van der Waals surface area contributed by atoms with Crippen LogP contribution in [0.1, 0.15) is 35.6 Å². The molecule has 1 aliphatic heterocycles. The fraction of sp³-hybridized carbons (Fsp3) is 0.636. The van der Waals surface area contributed by atoms with Crippen molar-refractivity contribution in [3.63, 3.8) is 0 Å². The molecule has 4 heteroatoms. The van der Waals surface area contributed by atoms with Crippen LogP contribution in [0.15, 0.2) is 0 Å². The number of hydrogen-bond acceptors (Lipinski definition) is 3. The second-order valence-corrected chi connectivity index (χ2v) is 4.43. The van der Waals surface area contributed by atoms with Gasteiger partial charge in [-0.1, -0.05) is 13.8 Å². The number of nitrogens with zero attached hydrogens (tertiary/aromatic N) is 2. The Morgan fingerprint density at radius 3 is 3.07 bits per heavy atom. The quantitative estimate of drug-likeness (QED) is 0.752. The molecule has 0 bridgehead atoms. The molecule has 0 amide bonds. The van der Waals surface area contributed by atoms with Gasteiger partial charge in [-0.2, -0.15) is 5.10 Å². The lowest BCUT2D eigenvalue weighted by atomic mass is 10.1. The van der Waals surface area contributed by atoms with Gasteiger partial charge in [0, 0.05) is 18.7 Å². The van der Waals surface area contributed by atoms with E-state index in [2.05, 4.69) is 24.3 Å². The Kier molecular flexibility index (Phi) is 2.86. The number of rotatable bonds is 3. The Bertz CT molecular complexity index is 368. The smallest absolute Gasteiger partial charge is 0.168 e. The number of carbonyl (C=O) groups is 1. The van der Waals surface area contributed by atoms with Gasteiger partial charge in [-0.3, -0.25) is 9.48 Å². The lowest BCUT2D eigenvalue weighted by Gasteiger charge is -2.10. The number of aromatic nitrogens is 2. The highest BCUT2D eigenvalue weighted by molar-refractivity contribution is 5.75. The van der Waals surface area contributed by atoms with Crippen molar-refractivity contribution in [2.45, 2.75) is 33.4 Å². The largest absolute Gasteiger partial charge is 0.311 e. The third kappa shape index (κ3) is 1.95. The zero-order chi connectivity index (χ0) is 10.8. The zero-order valence-corrected chi connectivity index (χ0v) is 9.29. The maximum Gasteiger partial charge on any atom is 0.168 e. The van der Waals surface area contributed by atoms with Crippen LogP contribution in [-0.2, 0) is 19.5 Å². The molecule has 0 unspecified atom stereocenters. The normalized spacial score (nSPS) is 15.4. The highest BCUT2D eigenvalue weighted by atomic mass is 16.1. The molecule has 0 atom stereocenters. The minimum atomic E-state index is 0.512. The third-order valence-electron chi connectivity index (χ3n) is 2.67. The van der Waals surface area contributed by atoms with E-state index in [1.54, 1.807) is 0 Å². The molecular weight excluding hydrogens is 190 g/mol. The van der Waals surface area contributed by atoms with Crippen molar-refractivity contribution in [3.05, 3.63) is 17.0 Å². The van der Waals surface area contributed by atoms with Gasteiger partial charge in [0.1, 0.15) is 5.69 Å². The molecule has 15 heavy (non-hydrogen) atoms. The van der Waals surface area contributed by atoms with Crippen LogP contribution in [0.3, 0.4) is 0 Å². The van der Waals surface area contributed by atoms with Crippen molar-refractivity contribution in [2.24, 2.45) is 5.92 Å². The Morgan fingerprint density at radius 1 is 1.60 bits per heavy atom. The summed E-state index contributed by atoms with van der Waals surface area (Å²) in [6, 6.07) is 0. The van der Waals surface area contributed by atoms with Crippen LogP contribution in [0, 0.1) is 5.92 Å². The van der Waals surface area contributed by atoms with Crippen molar-refractivity contribution < 1.29 is 4.79 Å². The van der Waals surface area contributed by atoms with Crippen LogP contribution in [0.25, 0.3) is 0 Å². The van der Waals surface area contributed by atoms with E-state index >= 15 is 0 Å². The molecule has 4 nitrogen and oxygen atoms in total. The van der Waals surface area contributed by atoms with E-state index in [-0.39, 0.29) is 0 Å². The molecule has 0 radical (unpaired) electrons. The Morgan fingerprint density at radius 2 is 2.40 bits per heavy atom. The van der Waals surface area contributed by atoms with Gasteiger partial charge in [-0.05, 0) is 18.9 Å². The summed E-state index contributed by atoms with van der Waals surface area (Å²) < 4.78 is 1.86. The van der Waals surface area contributed by atoms with Gasteiger partial charge in [0.2, 0.25) is 0 Å².